The first-order valence-electron chi connectivity index (χ1n) is 9.65. The Morgan fingerprint density at radius 1 is 1.25 bits per heavy atom. The minimum Gasteiger partial charge on any atom is -0.395 e. The minimum absolute atomic E-state index is 0.0879. The summed E-state index contributed by atoms with van der Waals surface area (Å²) in [5.74, 6) is -0.213. The molecule has 1 amide bonds. The van der Waals surface area contributed by atoms with E-state index in [1.165, 1.54) is 16.7 Å². The van der Waals surface area contributed by atoms with E-state index in [-0.39, 0.29) is 19.1 Å². The fraction of sp³-hybridized carbons (Fsp3) is 0.364. The van der Waals surface area contributed by atoms with Gasteiger partial charge in [-0.1, -0.05) is 25.1 Å². The van der Waals surface area contributed by atoms with Gasteiger partial charge in [0, 0.05) is 25.0 Å². The van der Waals surface area contributed by atoms with E-state index in [1.807, 2.05) is 24.3 Å². The number of aryl methyl sites for hydroxylation is 4. The Morgan fingerprint density at radius 2 is 2.04 bits per heavy atom. The molecule has 0 atom stereocenters. The molecule has 0 aliphatic heterocycles. The molecule has 0 aliphatic carbocycles. The predicted octanol–water partition coefficient (Wildman–Crippen LogP) is 3.16. The summed E-state index contributed by atoms with van der Waals surface area (Å²) in [6.45, 7) is 9.04. The summed E-state index contributed by atoms with van der Waals surface area (Å²) >= 11 is 0. The van der Waals surface area contributed by atoms with Crippen LogP contribution >= 0.6 is 0 Å². The lowest BCUT2D eigenvalue weighted by Crippen LogP contribution is -2.26. The van der Waals surface area contributed by atoms with Crippen molar-refractivity contribution in [2.24, 2.45) is 0 Å². The van der Waals surface area contributed by atoms with E-state index in [4.69, 9.17) is 5.11 Å². The Labute approximate surface area is 165 Å². The zero-order chi connectivity index (χ0) is 20.3. The Hall–Kier alpha value is -2.86. The lowest BCUT2D eigenvalue weighted by molar-refractivity contribution is 0.0944. The molecule has 3 aromatic rings. The first kappa shape index (κ1) is 19.9. The van der Waals surface area contributed by atoms with Crippen LogP contribution < -0.4 is 10.6 Å². The van der Waals surface area contributed by atoms with Crippen molar-refractivity contribution in [1.82, 2.24) is 14.7 Å². The van der Waals surface area contributed by atoms with Gasteiger partial charge in [-0.3, -0.25) is 4.79 Å². The molecule has 28 heavy (non-hydrogen) atoms. The van der Waals surface area contributed by atoms with Crippen LogP contribution in [0.1, 0.15) is 45.4 Å². The maximum Gasteiger partial charge on any atom is 0.252 e. The number of carbonyl (C=O) groups excluding carboxylic acids is 1. The zero-order valence-electron chi connectivity index (χ0n) is 17.0. The van der Waals surface area contributed by atoms with Crippen LogP contribution in [-0.2, 0) is 13.0 Å². The lowest BCUT2D eigenvalue weighted by Gasteiger charge is -2.15. The number of aromatic nitrogens is 2. The molecule has 0 saturated carbocycles. The van der Waals surface area contributed by atoms with Gasteiger partial charge in [0.05, 0.1) is 23.6 Å². The smallest absolute Gasteiger partial charge is 0.252 e. The van der Waals surface area contributed by atoms with E-state index in [9.17, 15) is 4.79 Å². The summed E-state index contributed by atoms with van der Waals surface area (Å²) in [4.78, 5) is 17.1. The number of pyridine rings is 1. The number of carbonyl (C=O) groups is 1. The highest BCUT2D eigenvalue weighted by molar-refractivity contribution is 5.96. The largest absolute Gasteiger partial charge is 0.395 e. The molecule has 0 fully saturated rings. The van der Waals surface area contributed by atoms with Crippen LogP contribution in [0.25, 0.3) is 5.65 Å². The molecule has 1 aromatic carbocycles. The summed E-state index contributed by atoms with van der Waals surface area (Å²) in [6, 6.07) is 8.19. The highest BCUT2D eigenvalue weighted by Gasteiger charge is 2.15. The van der Waals surface area contributed by atoms with Crippen LogP contribution in [0.5, 0.6) is 0 Å². The molecule has 3 rings (SSSR count). The van der Waals surface area contributed by atoms with Crippen molar-refractivity contribution in [1.29, 1.82) is 0 Å². The highest BCUT2D eigenvalue weighted by atomic mass is 16.3. The Balaban J connectivity index is 2.00. The van der Waals surface area contributed by atoms with Crippen molar-refractivity contribution >= 4 is 17.2 Å². The van der Waals surface area contributed by atoms with Gasteiger partial charge in [-0.15, -0.1) is 0 Å². The number of hydrogen-bond donors (Lipinski definition) is 3. The number of anilines is 1. The molecular formula is C22H28N4O2. The van der Waals surface area contributed by atoms with Crippen LogP contribution in [-0.4, -0.2) is 33.6 Å². The number of nitrogens with one attached hydrogen (secondary N) is 2. The monoisotopic (exact) mass is 380 g/mol. The van der Waals surface area contributed by atoms with Gasteiger partial charge >= 0.3 is 0 Å². The normalized spacial score (nSPS) is 11.0. The molecule has 0 radical (unpaired) electrons. The van der Waals surface area contributed by atoms with Crippen molar-refractivity contribution in [3.05, 3.63) is 64.1 Å². The molecule has 0 spiro atoms. The van der Waals surface area contributed by atoms with Gasteiger partial charge in [0.2, 0.25) is 0 Å². The molecular weight excluding hydrogens is 352 g/mol. The molecule has 6 nitrogen and oxygen atoms in total. The van der Waals surface area contributed by atoms with E-state index < -0.39 is 0 Å². The van der Waals surface area contributed by atoms with E-state index in [2.05, 4.69) is 47.7 Å². The number of imidazole rings is 1. The standard InChI is InChI=1S/C22H28N4O2/c1-5-17-8-6-7-14(2)19(17)12-24-20-11-18(22(28)23-9-10-27)13-26-16(4)15(3)25-21(20)26/h6-8,11,13,24,27H,5,9-10,12H2,1-4H3,(H,23,28). The lowest BCUT2D eigenvalue weighted by atomic mass is 10.00. The van der Waals surface area contributed by atoms with Crippen LogP contribution in [0, 0.1) is 20.8 Å². The minimum atomic E-state index is -0.213. The number of hydrogen-bond acceptors (Lipinski definition) is 4. The van der Waals surface area contributed by atoms with Crippen molar-refractivity contribution < 1.29 is 9.90 Å². The van der Waals surface area contributed by atoms with E-state index in [0.29, 0.717) is 12.1 Å². The third kappa shape index (κ3) is 3.87. The molecule has 2 aromatic heterocycles. The van der Waals surface area contributed by atoms with Crippen LogP contribution in [0.4, 0.5) is 5.69 Å². The molecule has 148 valence electrons. The summed E-state index contributed by atoms with van der Waals surface area (Å²) in [6.07, 6.45) is 2.77. The van der Waals surface area contributed by atoms with Gasteiger partial charge in [-0.2, -0.15) is 0 Å². The van der Waals surface area contributed by atoms with Crippen LogP contribution in [0.15, 0.2) is 30.5 Å². The van der Waals surface area contributed by atoms with Crippen molar-refractivity contribution in [2.75, 3.05) is 18.5 Å². The maximum absolute atomic E-state index is 12.5. The number of fused-ring (bicyclic) bond motifs is 1. The third-order valence-corrected chi connectivity index (χ3v) is 5.20. The second-order valence-electron chi connectivity index (χ2n) is 7.02. The predicted molar refractivity (Wildman–Crippen MR) is 112 cm³/mol. The quantitative estimate of drug-likeness (QED) is 0.588. The summed E-state index contributed by atoms with van der Waals surface area (Å²) in [7, 11) is 0. The number of rotatable bonds is 7. The number of nitrogens with zero attached hydrogens (tertiary/aromatic N) is 2. The SMILES string of the molecule is CCc1cccc(C)c1CNc1cc(C(=O)NCCO)cn2c(C)c(C)nc12. The Morgan fingerprint density at radius 3 is 2.75 bits per heavy atom. The van der Waals surface area contributed by atoms with Gasteiger partial charge < -0.3 is 20.1 Å². The highest BCUT2D eigenvalue weighted by Crippen LogP contribution is 2.24. The fourth-order valence-corrected chi connectivity index (χ4v) is 3.43. The summed E-state index contributed by atoms with van der Waals surface area (Å²) in [5.41, 5.74) is 7.92. The number of aliphatic hydroxyl groups excluding tert-OH is 1. The van der Waals surface area contributed by atoms with Gasteiger partial charge in [-0.25, -0.2) is 4.98 Å². The molecule has 0 bridgehead atoms. The number of aliphatic hydroxyl groups is 1. The average molecular weight is 380 g/mol. The van der Waals surface area contributed by atoms with E-state index in [0.717, 1.165) is 29.1 Å². The second-order valence-corrected chi connectivity index (χ2v) is 7.02. The fourth-order valence-electron chi connectivity index (χ4n) is 3.43. The van der Waals surface area contributed by atoms with E-state index >= 15 is 0 Å². The van der Waals surface area contributed by atoms with Gasteiger partial charge in [0.1, 0.15) is 0 Å². The Bertz CT molecular complexity index is 1010. The Kier molecular flexibility index (Phi) is 5.99. The van der Waals surface area contributed by atoms with Crippen molar-refractivity contribution in [3.63, 3.8) is 0 Å². The molecule has 0 aliphatic rings. The first-order valence-corrected chi connectivity index (χ1v) is 9.65. The average Bonchev–Trinajstić information content (AvgIpc) is 2.99. The third-order valence-electron chi connectivity index (χ3n) is 5.20. The maximum atomic E-state index is 12.5. The molecule has 2 heterocycles. The van der Waals surface area contributed by atoms with Crippen LogP contribution in [0.2, 0.25) is 0 Å². The van der Waals surface area contributed by atoms with Gasteiger partial charge in [0.25, 0.3) is 5.91 Å². The van der Waals surface area contributed by atoms with Crippen LogP contribution in [0.3, 0.4) is 0 Å². The second kappa shape index (κ2) is 8.44. The van der Waals surface area contributed by atoms with E-state index in [1.54, 1.807) is 6.20 Å². The molecule has 0 unspecified atom stereocenters. The zero-order valence-corrected chi connectivity index (χ0v) is 17.0. The molecule has 6 heteroatoms. The number of amides is 1. The molecule has 0 saturated heterocycles. The molecule has 3 N–H and O–H groups in total. The van der Waals surface area contributed by atoms with Gasteiger partial charge in [-0.05, 0) is 49.9 Å². The summed E-state index contributed by atoms with van der Waals surface area (Å²) < 4.78 is 1.95. The first-order chi connectivity index (χ1) is 13.5. The topological polar surface area (TPSA) is 78.7 Å². The summed E-state index contributed by atoms with van der Waals surface area (Å²) in [5, 5.41) is 15.2. The number of benzene rings is 1. The van der Waals surface area contributed by atoms with Crippen molar-refractivity contribution in [3.8, 4) is 0 Å². The van der Waals surface area contributed by atoms with Gasteiger partial charge in [0.15, 0.2) is 5.65 Å². The van der Waals surface area contributed by atoms with Crippen molar-refractivity contribution in [2.45, 2.75) is 40.7 Å².